The Morgan fingerprint density at radius 3 is 2.30 bits per heavy atom. The van der Waals surface area contributed by atoms with Gasteiger partial charge in [-0.15, -0.1) is 0 Å². The summed E-state index contributed by atoms with van der Waals surface area (Å²) in [6, 6.07) is 10.5. The van der Waals surface area contributed by atoms with Crippen LogP contribution in [0, 0.1) is 13.8 Å². The first-order valence-electron chi connectivity index (χ1n) is 7.01. The van der Waals surface area contributed by atoms with Crippen molar-refractivity contribution in [2.75, 3.05) is 19.0 Å². The average Bonchev–Trinajstić information content (AvgIpc) is 2.71. The number of anilines is 1. The molecule has 0 aliphatic carbocycles. The summed E-state index contributed by atoms with van der Waals surface area (Å²) < 4.78 is 2.30. The van der Waals surface area contributed by atoms with Crippen molar-refractivity contribution in [1.82, 2.24) is 4.57 Å². The van der Waals surface area contributed by atoms with Crippen LogP contribution in [-0.4, -0.2) is 24.9 Å². The van der Waals surface area contributed by atoms with Crippen LogP contribution in [0.4, 0.5) is 11.4 Å². The minimum absolute atomic E-state index is 0.983. The zero-order valence-electron chi connectivity index (χ0n) is 13.0. The smallest absolute Gasteiger partial charge is 0.0631 e. The molecule has 0 fully saturated rings. The zero-order valence-corrected chi connectivity index (χ0v) is 13.0. The van der Waals surface area contributed by atoms with Gasteiger partial charge in [-0.05, 0) is 51.1 Å². The molecule has 0 saturated heterocycles. The molecular formula is C17H23N3. The van der Waals surface area contributed by atoms with Crippen LogP contribution in [0.25, 0.3) is 0 Å². The highest BCUT2D eigenvalue weighted by molar-refractivity contribution is 5.84. The summed E-state index contributed by atoms with van der Waals surface area (Å²) in [5.74, 6) is 0. The van der Waals surface area contributed by atoms with E-state index in [1.165, 1.54) is 22.6 Å². The molecule has 1 aromatic heterocycles. The molecular weight excluding hydrogens is 246 g/mol. The van der Waals surface area contributed by atoms with Crippen molar-refractivity contribution in [3.8, 4) is 0 Å². The Bertz CT molecular complexity index is 604. The molecule has 0 atom stereocenters. The molecule has 3 nitrogen and oxygen atoms in total. The third-order valence-corrected chi connectivity index (χ3v) is 3.65. The van der Waals surface area contributed by atoms with Gasteiger partial charge in [0.2, 0.25) is 0 Å². The number of nitrogens with zero attached hydrogens (tertiary/aromatic N) is 3. The van der Waals surface area contributed by atoms with Gasteiger partial charge in [0.05, 0.1) is 5.69 Å². The van der Waals surface area contributed by atoms with E-state index in [9.17, 15) is 0 Å². The summed E-state index contributed by atoms with van der Waals surface area (Å²) >= 11 is 0. The number of hydrogen-bond donors (Lipinski definition) is 0. The zero-order chi connectivity index (χ0) is 14.7. The monoisotopic (exact) mass is 269 g/mol. The average molecular weight is 269 g/mol. The molecule has 0 amide bonds. The number of aliphatic imine (C=N–C) groups is 1. The van der Waals surface area contributed by atoms with Crippen molar-refractivity contribution in [1.29, 1.82) is 0 Å². The van der Waals surface area contributed by atoms with E-state index in [1.807, 2.05) is 32.4 Å². The Balaban J connectivity index is 2.21. The Kier molecular flexibility index (Phi) is 4.28. The lowest BCUT2D eigenvalue weighted by atomic mass is 10.2. The second kappa shape index (κ2) is 5.95. The van der Waals surface area contributed by atoms with Gasteiger partial charge >= 0.3 is 0 Å². The molecule has 0 saturated carbocycles. The normalized spacial score (nSPS) is 11.2. The van der Waals surface area contributed by atoms with E-state index in [0.29, 0.717) is 0 Å². The van der Waals surface area contributed by atoms with Crippen molar-refractivity contribution in [2.45, 2.75) is 27.3 Å². The van der Waals surface area contributed by atoms with Crippen LogP contribution in [0.15, 0.2) is 35.3 Å². The molecule has 0 N–H and O–H groups in total. The molecule has 0 aliphatic heterocycles. The maximum absolute atomic E-state index is 4.57. The Hall–Kier alpha value is -2.03. The van der Waals surface area contributed by atoms with Gasteiger partial charge in [0.25, 0.3) is 0 Å². The molecule has 1 heterocycles. The lowest BCUT2D eigenvalue weighted by Crippen LogP contribution is -2.07. The Morgan fingerprint density at radius 2 is 1.80 bits per heavy atom. The predicted molar refractivity (Wildman–Crippen MR) is 87.6 cm³/mol. The summed E-state index contributed by atoms with van der Waals surface area (Å²) in [6.07, 6.45) is 1.96. The van der Waals surface area contributed by atoms with E-state index in [-0.39, 0.29) is 0 Å². The third kappa shape index (κ3) is 2.93. The van der Waals surface area contributed by atoms with E-state index in [1.54, 1.807) is 0 Å². The molecule has 0 spiro atoms. The SMILES string of the molecule is CCn1c(C)cc(C=Nc2ccc(N(C)C)cc2)c1C. The van der Waals surface area contributed by atoms with Crippen LogP contribution in [-0.2, 0) is 6.54 Å². The van der Waals surface area contributed by atoms with Crippen molar-refractivity contribution < 1.29 is 0 Å². The standard InChI is InChI=1S/C17H23N3/c1-6-20-13(2)11-15(14(20)3)12-18-16-7-9-17(10-8-16)19(4)5/h7-12H,6H2,1-5H3. The summed E-state index contributed by atoms with van der Waals surface area (Å²) in [4.78, 5) is 6.66. The van der Waals surface area contributed by atoms with Crippen molar-refractivity contribution in [3.05, 3.63) is 47.3 Å². The Labute approximate surface area is 121 Å². The summed E-state index contributed by atoms with van der Waals surface area (Å²) in [5, 5.41) is 0. The van der Waals surface area contributed by atoms with Gasteiger partial charge in [0.1, 0.15) is 0 Å². The first-order chi connectivity index (χ1) is 9.52. The van der Waals surface area contributed by atoms with Crippen LogP contribution >= 0.6 is 0 Å². The lowest BCUT2D eigenvalue weighted by molar-refractivity contribution is 0.718. The first-order valence-corrected chi connectivity index (χ1v) is 7.01. The molecule has 0 bridgehead atoms. The van der Waals surface area contributed by atoms with Gasteiger partial charge < -0.3 is 9.47 Å². The van der Waals surface area contributed by atoms with Crippen molar-refractivity contribution in [2.24, 2.45) is 4.99 Å². The van der Waals surface area contributed by atoms with Crippen LogP contribution < -0.4 is 4.90 Å². The molecule has 106 valence electrons. The molecule has 2 aromatic rings. The molecule has 0 unspecified atom stereocenters. The van der Waals surface area contributed by atoms with Crippen molar-refractivity contribution in [3.63, 3.8) is 0 Å². The molecule has 1 aromatic carbocycles. The third-order valence-electron chi connectivity index (χ3n) is 3.65. The van der Waals surface area contributed by atoms with E-state index in [0.717, 1.165) is 12.2 Å². The van der Waals surface area contributed by atoms with Crippen LogP contribution in [0.3, 0.4) is 0 Å². The minimum Gasteiger partial charge on any atom is -0.378 e. The number of aryl methyl sites for hydroxylation is 1. The Morgan fingerprint density at radius 1 is 1.15 bits per heavy atom. The highest BCUT2D eigenvalue weighted by Crippen LogP contribution is 2.19. The van der Waals surface area contributed by atoms with E-state index in [4.69, 9.17) is 0 Å². The second-order valence-electron chi connectivity index (χ2n) is 5.24. The second-order valence-corrected chi connectivity index (χ2v) is 5.24. The van der Waals surface area contributed by atoms with Crippen LogP contribution in [0.1, 0.15) is 23.9 Å². The fraction of sp³-hybridized carbons (Fsp3) is 0.353. The fourth-order valence-corrected chi connectivity index (χ4v) is 2.43. The number of hydrogen-bond acceptors (Lipinski definition) is 2. The van der Waals surface area contributed by atoms with Gasteiger partial charge in [-0.2, -0.15) is 0 Å². The minimum atomic E-state index is 0.983. The predicted octanol–water partition coefficient (Wildman–Crippen LogP) is 3.94. The molecule has 3 heteroatoms. The van der Waals surface area contributed by atoms with Crippen LogP contribution in [0.5, 0.6) is 0 Å². The lowest BCUT2D eigenvalue weighted by Gasteiger charge is -2.11. The fourth-order valence-electron chi connectivity index (χ4n) is 2.43. The highest BCUT2D eigenvalue weighted by Gasteiger charge is 2.05. The molecule has 0 aliphatic rings. The first kappa shape index (κ1) is 14.4. The van der Waals surface area contributed by atoms with E-state index in [2.05, 4.69) is 53.4 Å². The molecule has 0 radical (unpaired) electrons. The van der Waals surface area contributed by atoms with Crippen LogP contribution in [0.2, 0.25) is 0 Å². The summed E-state index contributed by atoms with van der Waals surface area (Å²) in [6.45, 7) is 7.46. The van der Waals surface area contributed by atoms with Gasteiger partial charge in [-0.25, -0.2) is 0 Å². The van der Waals surface area contributed by atoms with Gasteiger partial charge in [-0.3, -0.25) is 4.99 Å². The number of rotatable bonds is 4. The van der Waals surface area contributed by atoms with E-state index >= 15 is 0 Å². The van der Waals surface area contributed by atoms with E-state index < -0.39 is 0 Å². The topological polar surface area (TPSA) is 20.5 Å². The highest BCUT2D eigenvalue weighted by atomic mass is 15.1. The summed E-state index contributed by atoms with van der Waals surface area (Å²) in [7, 11) is 4.08. The number of aromatic nitrogens is 1. The largest absolute Gasteiger partial charge is 0.378 e. The maximum atomic E-state index is 4.57. The molecule has 20 heavy (non-hydrogen) atoms. The summed E-state index contributed by atoms with van der Waals surface area (Å²) in [5.41, 5.74) is 5.93. The van der Waals surface area contributed by atoms with Crippen molar-refractivity contribution >= 4 is 17.6 Å². The molecule has 2 rings (SSSR count). The quantitative estimate of drug-likeness (QED) is 0.770. The van der Waals surface area contributed by atoms with Gasteiger partial charge in [0.15, 0.2) is 0 Å². The van der Waals surface area contributed by atoms with Gasteiger partial charge in [-0.1, -0.05) is 0 Å². The maximum Gasteiger partial charge on any atom is 0.0631 e. The van der Waals surface area contributed by atoms with Gasteiger partial charge in [0, 0.05) is 49.5 Å². The number of benzene rings is 1.